The third-order valence-corrected chi connectivity index (χ3v) is 3.86. The lowest BCUT2D eigenvalue weighted by Crippen LogP contribution is -2.32. The molecule has 2 aliphatic rings. The van der Waals surface area contributed by atoms with Crippen molar-refractivity contribution in [3.05, 3.63) is 24.4 Å². The fourth-order valence-corrected chi connectivity index (χ4v) is 2.75. The lowest BCUT2D eigenvalue weighted by atomic mass is 10.1. The number of hydrogen-bond acceptors (Lipinski definition) is 5. The molecule has 1 fully saturated rings. The van der Waals surface area contributed by atoms with Crippen molar-refractivity contribution in [1.82, 2.24) is 10.3 Å². The van der Waals surface area contributed by atoms with E-state index in [9.17, 15) is 4.79 Å². The average Bonchev–Trinajstić information content (AvgIpc) is 3.11. The normalized spacial score (nSPS) is 19.8. The zero-order valence-electron chi connectivity index (χ0n) is 11.4. The number of fused-ring (bicyclic) bond motifs is 2. The van der Waals surface area contributed by atoms with Gasteiger partial charge in [-0.25, -0.2) is 4.98 Å². The second-order valence-corrected chi connectivity index (χ2v) is 5.27. The second kappa shape index (κ2) is 4.80. The molecular weight excluding hydrogens is 270 g/mol. The number of hydrogen-bond donors (Lipinski definition) is 2. The molecular formula is C15H15N3O3. The number of benzene rings is 1. The van der Waals surface area contributed by atoms with Gasteiger partial charge in [0.1, 0.15) is 5.82 Å². The van der Waals surface area contributed by atoms with Crippen LogP contribution < -0.4 is 20.1 Å². The van der Waals surface area contributed by atoms with E-state index in [1.165, 1.54) is 0 Å². The number of anilines is 1. The van der Waals surface area contributed by atoms with Crippen LogP contribution in [0.4, 0.5) is 5.82 Å². The fraction of sp³-hybridized carbons (Fsp3) is 0.333. The smallest absolute Gasteiger partial charge is 0.231 e. The largest absolute Gasteiger partial charge is 0.454 e. The first-order valence-electron chi connectivity index (χ1n) is 7.01. The van der Waals surface area contributed by atoms with Crippen LogP contribution >= 0.6 is 0 Å². The highest BCUT2D eigenvalue weighted by molar-refractivity contribution is 5.94. The third kappa shape index (κ3) is 2.22. The van der Waals surface area contributed by atoms with Gasteiger partial charge in [-0.3, -0.25) is 4.79 Å². The molecule has 1 saturated heterocycles. The van der Waals surface area contributed by atoms with Crippen molar-refractivity contribution in [2.75, 3.05) is 18.7 Å². The Labute approximate surface area is 121 Å². The van der Waals surface area contributed by atoms with Crippen LogP contribution in [-0.2, 0) is 4.79 Å². The molecule has 0 saturated carbocycles. The Morgan fingerprint density at radius 2 is 2.19 bits per heavy atom. The van der Waals surface area contributed by atoms with Crippen molar-refractivity contribution in [3.63, 3.8) is 0 Å². The number of nitrogens with zero attached hydrogens (tertiary/aromatic N) is 1. The van der Waals surface area contributed by atoms with Crippen molar-refractivity contribution in [2.45, 2.75) is 18.9 Å². The first-order chi connectivity index (χ1) is 10.3. The molecule has 6 heteroatoms. The Hall–Kier alpha value is -2.50. The summed E-state index contributed by atoms with van der Waals surface area (Å²) in [6, 6.07) is 6.02. The molecule has 0 spiro atoms. The molecule has 6 nitrogen and oxygen atoms in total. The van der Waals surface area contributed by atoms with Gasteiger partial charge in [0.15, 0.2) is 11.5 Å². The van der Waals surface area contributed by atoms with Gasteiger partial charge in [0.2, 0.25) is 12.7 Å². The molecule has 1 unspecified atom stereocenters. The Kier molecular flexibility index (Phi) is 2.80. The third-order valence-electron chi connectivity index (χ3n) is 3.86. The van der Waals surface area contributed by atoms with Crippen LogP contribution in [-0.4, -0.2) is 30.3 Å². The van der Waals surface area contributed by atoms with Crippen LogP contribution in [0.5, 0.6) is 11.5 Å². The lowest BCUT2D eigenvalue weighted by Gasteiger charge is -2.13. The van der Waals surface area contributed by atoms with E-state index in [2.05, 4.69) is 15.6 Å². The highest BCUT2D eigenvalue weighted by atomic mass is 16.7. The Balaban J connectivity index is 1.61. The van der Waals surface area contributed by atoms with Gasteiger partial charge < -0.3 is 20.1 Å². The summed E-state index contributed by atoms with van der Waals surface area (Å²) in [5, 5.41) is 8.30. The number of ether oxygens (including phenoxy) is 2. The van der Waals surface area contributed by atoms with E-state index in [0.29, 0.717) is 13.0 Å². The van der Waals surface area contributed by atoms with Gasteiger partial charge >= 0.3 is 0 Å². The SMILES string of the molecule is O=C1CCC(CNc2nccc3cc4c(cc23)OCO4)N1. The summed E-state index contributed by atoms with van der Waals surface area (Å²) in [6.45, 7) is 0.933. The van der Waals surface area contributed by atoms with Crippen molar-refractivity contribution in [2.24, 2.45) is 0 Å². The van der Waals surface area contributed by atoms with Crippen LogP contribution in [0.3, 0.4) is 0 Å². The Morgan fingerprint density at radius 3 is 3.00 bits per heavy atom. The van der Waals surface area contributed by atoms with E-state index < -0.39 is 0 Å². The van der Waals surface area contributed by atoms with Crippen LogP contribution in [0.1, 0.15) is 12.8 Å². The van der Waals surface area contributed by atoms with Gasteiger partial charge in [0.05, 0.1) is 0 Å². The Morgan fingerprint density at radius 1 is 1.33 bits per heavy atom. The zero-order chi connectivity index (χ0) is 14.2. The molecule has 4 rings (SSSR count). The van der Waals surface area contributed by atoms with E-state index in [-0.39, 0.29) is 18.7 Å². The minimum atomic E-state index is 0.121. The molecule has 1 atom stereocenters. The predicted molar refractivity (Wildman–Crippen MR) is 77.5 cm³/mol. The maximum absolute atomic E-state index is 11.2. The molecule has 2 aromatic rings. The molecule has 3 heterocycles. The van der Waals surface area contributed by atoms with Gasteiger partial charge in [0.25, 0.3) is 0 Å². The molecule has 21 heavy (non-hydrogen) atoms. The minimum Gasteiger partial charge on any atom is -0.454 e. The summed E-state index contributed by atoms with van der Waals surface area (Å²) in [6.07, 6.45) is 3.23. The molecule has 0 radical (unpaired) electrons. The summed E-state index contributed by atoms with van der Waals surface area (Å²) < 4.78 is 10.8. The number of nitrogens with one attached hydrogen (secondary N) is 2. The molecule has 1 amide bonds. The maximum Gasteiger partial charge on any atom is 0.231 e. The number of amides is 1. The van der Waals surface area contributed by atoms with Crippen molar-refractivity contribution in [1.29, 1.82) is 0 Å². The number of aromatic nitrogens is 1. The highest BCUT2D eigenvalue weighted by Crippen LogP contribution is 2.37. The quantitative estimate of drug-likeness (QED) is 0.897. The van der Waals surface area contributed by atoms with E-state index >= 15 is 0 Å². The number of carbonyl (C=O) groups is 1. The van der Waals surface area contributed by atoms with E-state index in [1.807, 2.05) is 18.2 Å². The van der Waals surface area contributed by atoms with Gasteiger partial charge in [-0.15, -0.1) is 0 Å². The monoisotopic (exact) mass is 285 g/mol. The van der Waals surface area contributed by atoms with Gasteiger partial charge in [-0.2, -0.15) is 0 Å². The van der Waals surface area contributed by atoms with Crippen molar-refractivity contribution >= 4 is 22.5 Å². The van der Waals surface area contributed by atoms with E-state index in [1.54, 1.807) is 6.20 Å². The minimum absolute atomic E-state index is 0.121. The Bertz CT molecular complexity index is 717. The molecule has 1 aromatic heterocycles. The number of rotatable bonds is 3. The van der Waals surface area contributed by atoms with E-state index in [4.69, 9.17) is 9.47 Å². The second-order valence-electron chi connectivity index (χ2n) is 5.27. The summed E-state index contributed by atoms with van der Waals surface area (Å²) in [7, 11) is 0. The highest BCUT2D eigenvalue weighted by Gasteiger charge is 2.21. The van der Waals surface area contributed by atoms with Gasteiger partial charge in [-0.1, -0.05) is 0 Å². The van der Waals surface area contributed by atoms with Gasteiger partial charge in [0, 0.05) is 30.6 Å². The molecule has 0 aliphatic carbocycles. The standard InChI is InChI=1S/C15H15N3O3/c19-14-2-1-10(18-14)7-17-15-11-6-13-12(20-8-21-13)5-9(11)3-4-16-15/h3-6,10H,1-2,7-8H2,(H,16,17)(H,18,19). The summed E-state index contributed by atoms with van der Waals surface area (Å²) in [4.78, 5) is 15.6. The van der Waals surface area contributed by atoms with Crippen LogP contribution in [0.2, 0.25) is 0 Å². The topological polar surface area (TPSA) is 72.5 Å². The number of pyridine rings is 1. The average molecular weight is 285 g/mol. The molecule has 2 N–H and O–H groups in total. The fourth-order valence-electron chi connectivity index (χ4n) is 2.75. The molecule has 1 aromatic carbocycles. The summed E-state index contributed by atoms with van der Waals surface area (Å²) >= 11 is 0. The van der Waals surface area contributed by atoms with Crippen molar-refractivity contribution in [3.8, 4) is 11.5 Å². The van der Waals surface area contributed by atoms with Gasteiger partial charge in [-0.05, 0) is 30.0 Å². The molecule has 2 aliphatic heterocycles. The predicted octanol–water partition coefficient (Wildman–Crippen LogP) is 1.65. The van der Waals surface area contributed by atoms with Crippen LogP contribution in [0, 0.1) is 0 Å². The van der Waals surface area contributed by atoms with Crippen LogP contribution in [0.15, 0.2) is 24.4 Å². The van der Waals surface area contributed by atoms with Crippen molar-refractivity contribution < 1.29 is 14.3 Å². The first-order valence-corrected chi connectivity index (χ1v) is 7.01. The molecule has 0 bridgehead atoms. The maximum atomic E-state index is 11.2. The first kappa shape index (κ1) is 12.3. The van der Waals surface area contributed by atoms with Crippen LogP contribution in [0.25, 0.3) is 10.8 Å². The summed E-state index contributed by atoms with van der Waals surface area (Å²) in [5.74, 6) is 2.43. The lowest BCUT2D eigenvalue weighted by molar-refractivity contribution is -0.119. The number of carbonyl (C=O) groups excluding carboxylic acids is 1. The zero-order valence-corrected chi connectivity index (χ0v) is 11.4. The molecule has 108 valence electrons. The summed E-state index contributed by atoms with van der Waals surface area (Å²) in [5.41, 5.74) is 0. The van der Waals surface area contributed by atoms with E-state index in [0.717, 1.165) is 34.5 Å².